The Balaban J connectivity index is 2.30. The van der Waals surface area contributed by atoms with E-state index in [4.69, 9.17) is 0 Å². The first kappa shape index (κ1) is 14.3. The number of rotatable bonds is 3. The summed E-state index contributed by atoms with van der Waals surface area (Å²) < 4.78 is 0. The minimum absolute atomic E-state index is 0.191. The van der Waals surface area contributed by atoms with Crippen LogP contribution in [0, 0.1) is 0 Å². The van der Waals surface area contributed by atoms with E-state index in [1.54, 1.807) is 50.4 Å². The van der Waals surface area contributed by atoms with Gasteiger partial charge in [-0.3, -0.25) is 9.59 Å². The summed E-state index contributed by atoms with van der Waals surface area (Å²) in [7, 11) is 1.70. The van der Waals surface area contributed by atoms with Crippen LogP contribution < -0.4 is 10.6 Å². The maximum atomic E-state index is 12.8. The third-order valence-electron chi connectivity index (χ3n) is 3.71. The summed E-state index contributed by atoms with van der Waals surface area (Å²) in [5.41, 5.74) is 2.50. The summed E-state index contributed by atoms with van der Waals surface area (Å²) >= 11 is 0. The molecule has 0 saturated heterocycles. The molecule has 1 aliphatic carbocycles. The zero-order chi connectivity index (χ0) is 15.9. The number of hydrogen-bond donors (Lipinski definition) is 3. The van der Waals surface area contributed by atoms with Crippen LogP contribution >= 0.6 is 0 Å². The van der Waals surface area contributed by atoms with Crippen molar-refractivity contribution in [3.05, 3.63) is 58.7 Å². The van der Waals surface area contributed by atoms with Crippen LogP contribution in [0.4, 0.5) is 11.4 Å². The Morgan fingerprint density at radius 3 is 1.91 bits per heavy atom. The first-order valence-electron chi connectivity index (χ1n) is 7.02. The zero-order valence-electron chi connectivity index (χ0n) is 12.3. The monoisotopic (exact) mass is 296 g/mol. The number of nitrogens with one attached hydrogen (secondary N) is 2. The number of ketones is 2. The van der Waals surface area contributed by atoms with Gasteiger partial charge in [0, 0.05) is 29.5 Å². The van der Waals surface area contributed by atoms with E-state index in [0.29, 0.717) is 33.6 Å². The van der Waals surface area contributed by atoms with Crippen molar-refractivity contribution >= 4 is 22.9 Å². The minimum Gasteiger partial charge on any atom is -0.388 e. The maximum Gasteiger partial charge on any atom is 0.196 e. The molecule has 0 saturated carbocycles. The molecule has 0 aliphatic heterocycles. The van der Waals surface area contributed by atoms with Crippen LogP contribution in [0.15, 0.2) is 36.4 Å². The van der Waals surface area contributed by atoms with E-state index in [2.05, 4.69) is 10.6 Å². The van der Waals surface area contributed by atoms with Crippen molar-refractivity contribution in [1.82, 2.24) is 0 Å². The quantitative estimate of drug-likeness (QED) is 0.646. The topological polar surface area (TPSA) is 78.4 Å². The predicted octanol–water partition coefficient (Wildman–Crippen LogP) is 2.25. The third-order valence-corrected chi connectivity index (χ3v) is 3.71. The van der Waals surface area contributed by atoms with Crippen molar-refractivity contribution in [3.8, 4) is 0 Å². The highest BCUT2D eigenvalue weighted by Crippen LogP contribution is 2.36. The molecule has 0 fully saturated rings. The molecule has 1 atom stereocenters. The highest BCUT2D eigenvalue weighted by Gasteiger charge is 2.33. The van der Waals surface area contributed by atoms with Gasteiger partial charge in [-0.1, -0.05) is 24.3 Å². The van der Waals surface area contributed by atoms with Gasteiger partial charge in [0.25, 0.3) is 0 Å². The van der Waals surface area contributed by atoms with Gasteiger partial charge in [-0.15, -0.1) is 0 Å². The number of benzene rings is 2. The Labute approximate surface area is 128 Å². The van der Waals surface area contributed by atoms with E-state index in [9.17, 15) is 14.7 Å². The fourth-order valence-corrected chi connectivity index (χ4v) is 2.78. The van der Waals surface area contributed by atoms with Crippen LogP contribution in [0.3, 0.4) is 0 Å². The lowest BCUT2D eigenvalue weighted by Crippen LogP contribution is -2.25. The first-order valence-corrected chi connectivity index (χ1v) is 7.02. The molecular formula is C17H16N2O3. The summed E-state index contributed by atoms with van der Waals surface area (Å²) in [6, 6.07) is 10.2. The molecule has 2 aromatic rings. The second-order valence-electron chi connectivity index (χ2n) is 5.18. The normalized spacial score (nSPS) is 14.1. The van der Waals surface area contributed by atoms with Gasteiger partial charge in [-0.2, -0.15) is 0 Å². The zero-order valence-corrected chi connectivity index (χ0v) is 12.3. The van der Waals surface area contributed by atoms with Gasteiger partial charge in [0.2, 0.25) is 0 Å². The second-order valence-corrected chi connectivity index (χ2v) is 5.18. The molecule has 1 unspecified atom stereocenters. The van der Waals surface area contributed by atoms with Gasteiger partial charge < -0.3 is 15.7 Å². The fraction of sp³-hybridized carbons (Fsp3) is 0.176. The average Bonchev–Trinajstić information content (AvgIpc) is 2.51. The molecule has 112 valence electrons. The van der Waals surface area contributed by atoms with Crippen LogP contribution in [0.1, 0.15) is 38.8 Å². The first-order chi connectivity index (χ1) is 10.5. The lowest BCUT2D eigenvalue weighted by atomic mass is 9.82. The largest absolute Gasteiger partial charge is 0.388 e. The van der Waals surface area contributed by atoms with E-state index in [-0.39, 0.29) is 11.6 Å². The van der Waals surface area contributed by atoms with Crippen LogP contribution in [-0.4, -0.2) is 29.9 Å². The molecule has 0 heterocycles. The lowest BCUT2D eigenvalue weighted by molar-refractivity contribution is 0.0980. The molecular weight excluding hydrogens is 280 g/mol. The second kappa shape index (κ2) is 5.27. The number of anilines is 2. The Hall–Kier alpha value is -2.66. The van der Waals surface area contributed by atoms with E-state index >= 15 is 0 Å². The van der Waals surface area contributed by atoms with Gasteiger partial charge in [0.15, 0.2) is 11.6 Å². The van der Waals surface area contributed by atoms with Crippen molar-refractivity contribution in [1.29, 1.82) is 0 Å². The fourth-order valence-electron chi connectivity index (χ4n) is 2.78. The lowest BCUT2D eigenvalue weighted by Gasteiger charge is -2.23. The van der Waals surface area contributed by atoms with Crippen molar-refractivity contribution in [2.75, 3.05) is 17.7 Å². The molecule has 5 nitrogen and oxygen atoms in total. The van der Waals surface area contributed by atoms with Gasteiger partial charge >= 0.3 is 0 Å². The summed E-state index contributed by atoms with van der Waals surface area (Å²) in [4.78, 5) is 25.6. The Morgan fingerprint density at radius 1 is 0.909 bits per heavy atom. The number of carbonyl (C=O) groups is 2. The number of hydrogen-bond acceptors (Lipinski definition) is 5. The van der Waals surface area contributed by atoms with Crippen LogP contribution in [0.2, 0.25) is 0 Å². The number of aliphatic hydroxyl groups excluding tert-OH is 1. The average molecular weight is 296 g/mol. The Morgan fingerprint density at radius 2 is 1.41 bits per heavy atom. The van der Waals surface area contributed by atoms with E-state index in [1.165, 1.54) is 0 Å². The van der Waals surface area contributed by atoms with Crippen molar-refractivity contribution < 1.29 is 14.7 Å². The molecule has 0 radical (unpaired) electrons. The molecule has 0 spiro atoms. The molecule has 22 heavy (non-hydrogen) atoms. The molecule has 2 aromatic carbocycles. The minimum atomic E-state index is -0.829. The Bertz CT molecular complexity index is 781. The van der Waals surface area contributed by atoms with E-state index < -0.39 is 6.23 Å². The van der Waals surface area contributed by atoms with Crippen molar-refractivity contribution in [2.24, 2.45) is 0 Å². The van der Waals surface area contributed by atoms with Gasteiger partial charge in [0.1, 0.15) is 6.23 Å². The smallest absolute Gasteiger partial charge is 0.196 e. The van der Waals surface area contributed by atoms with Crippen LogP contribution in [-0.2, 0) is 0 Å². The van der Waals surface area contributed by atoms with E-state index in [1.807, 2.05) is 0 Å². The van der Waals surface area contributed by atoms with Crippen molar-refractivity contribution in [3.63, 3.8) is 0 Å². The molecule has 1 aliphatic rings. The molecule has 3 N–H and O–H groups in total. The SMILES string of the molecule is CNc1ccc(NC(C)O)c2c1C(=O)c1ccccc1C2=O. The van der Waals surface area contributed by atoms with E-state index in [0.717, 1.165) is 0 Å². The standard InChI is InChI=1S/C17H16N2O3/c1-9(20)19-13-8-7-12(18-2)14-15(13)17(22)11-6-4-3-5-10(11)16(14)21/h3-9,18-20H,1-2H3. The predicted molar refractivity (Wildman–Crippen MR) is 84.6 cm³/mol. The maximum absolute atomic E-state index is 12.8. The third kappa shape index (κ3) is 2.07. The van der Waals surface area contributed by atoms with Gasteiger partial charge in [-0.05, 0) is 19.1 Å². The van der Waals surface area contributed by atoms with Crippen LogP contribution in [0.5, 0.6) is 0 Å². The molecule has 0 bridgehead atoms. The Kier molecular flexibility index (Phi) is 3.42. The molecule has 3 rings (SSSR count). The number of aliphatic hydroxyl groups is 1. The van der Waals surface area contributed by atoms with Crippen molar-refractivity contribution in [2.45, 2.75) is 13.2 Å². The van der Waals surface area contributed by atoms with Gasteiger partial charge in [-0.25, -0.2) is 0 Å². The molecule has 5 heteroatoms. The summed E-state index contributed by atoms with van der Waals surface area (Å²) in [5.74, 6) is -0.408. The summed E-state index contributed by atoms with van der Waals surface area (Å²) in [6.45, 7) is 1.56. The molecule has 0 amide bonds. The number of fused-ring (bicyclic) bond motifs is 2. The van der Waals surface area contributed by atoms with Crippen LogP contribution in [0.25, 0.3) is 0 Å². The summed E-state index contributed by atoms with van der Waals surface area (Å²) in [5, 5.41) is 15.3. The highest BCUT2D eigenvalue weighted by atomic mass is 16.3. The van der Waals surface area contributed by atoms with Gasteiger partial charge in [0.05, 0.1) is 11.1 Å². The highest BCUT2D eigenvalue weighted by molar-refractivity contribution is 6.31. The summed E-state index contributed by atoms with van der Waals surface area (Å²) in [6.07, 6.45) is -0.829. The molecule has 0 aromatic heterocycles. The number of carbonyl (C=O) groups excluding carboxylic acids is 2.